The molecule has 3 aliphatic rings. The molecule has 254 valence electrons. The second kappa shape index (κ2) is 11.7. The lowest BCUT2D eigenvalue weighted by molar-refractivity contribution is -0.137. The minimum Gasteiger partial charge on any atom is -0.354 e. The van der Waals surface area contributed by atoms with E-state index in [4.69, 9.17) is 0 Å². The van der Waals surface area contributed by atoms with Crippen molar-refractivity contribution in [3.05, 3.63) is 89.4 Å². The van der Waals surface area contributed by atoms with Gasteiger partial charge in [0.1, 0.15) is 5.82 Å². The number of aryl methyl sites for hydroxylation is 1. The summed E-state index contributed by atoms with van der Waals surface area (Å²) in [6, 6.07) is 12.3. The number of nitrogens with zero attached hydrogens (tertiary/aromatic N) is 7. The summed E-state index contributed by atoms with van der Waals surface area (Å²) >= 11 is 0. The topological polar surface area (TPSA) is 124 Å². The average molecular weight is 683 g/mol. The number of hydrazine groups is 1. The normalized spacial score (nSPS) is 17.3. The molecule has 0 saturated carbocycles. The number of rotatable bonds is 5. The number of carbonyl (C=O) groups excluding carboxylic acids is 4. The number of fused-ring (bicyclic) bond motifs is 4. The van der Waals surface area contributed by atoms with Crippen molar-refractivity contribution in [2.45, 2.75) is 19.1 Å². The van der Waals surface area contributed by atoms with E-state index in [0.717, 1.165) is 43.5 Å². The van der Waals surface area contributed by atoms with E-state index >= 15 is 0 Å². The van der Waals surface area contributed by atoms with Crippen LogP contribution in [0.5, 0.6) is 0 Å². The molecule has 8 rings (SSSR count). The average Bonchev–Trinajstić information content (AvgIpc) is 3.53. The molecule has 1 N–H and O–H groups in total. The molecule has 2 fully saturated rings. The van der Waals surface area contributed by atoms with E-state index in [1.807, 2.05) is 28.6 Å². The van der Waals surface area contributed by atoms with Crippen molar-refractivity contribution in [3.8, 4) is 11.1 Å². The zero-order chi connectivity index (χ0) is 34.9. The van der Waals surface area contributed by atoms with E-state index in [-0.39, 0.29) is 35.5 Å². The van der Waals surface area contributed by atoms with Gasteiger partial charge >= 0.3 is 12.2 Å². The van der Waals surface area contributed by atoms with Crippen LogP contribution < -0.4 is 10.2 Å². The SMILES string of the molecule is Cn1c2ccncc2c2ccc(-c3cnc(N4CCN(Cc5ccc6c(c5)C(=O)N(N5CCC(=O)NC5=O)C6=O)CC4)cc3C(F)(F)F)cc21. The number of carbonyl (C=O) groups is 4. The fraction of sp³-hybridized carbons (Fsp3) is 0.257. The van der Waals surface area contributed by atoms with Crippen LogP contribution in [0, 0.1) is 0 Å². The molecule has 50 heavy (non-hydrogen) atoms. The van der Waals surface area contributed by atoms with Gasteiger partial charge in [-0.25, -0.2) is 14.8 Å². The third-order valence-corrected chi connectivity index (χ3v) is 9.62. The van der Waals surface area contributed by atoms with Crippen LogP contribution in [0.3, 0.4) is 0 Å². The standard InChI is InChI=1S/C35H29F3N8O4/c1-42-28-6-8-39-17-26(28)22-5-3-21(15-29(22)42)25-18-40-30(16-27(25)35(36,37)38)44-12-10-43(11-13-44)19-20-2-4-23-24(14-20)33(49)46(32(23)48)45-9-7-31(47)41-34(45)50/h2-6,8,14-18H,7,9-13,19H2,1H3,(H,41,47,50). The Bertz CT molecular complexity index is 2260. The number of piperazine rings is 1. The lowest BCUT2D eigenvalue weighted by Gasteiger charge is -2.35. The summed E-state index contributed by atoms with van der Waals surface area (Å²) in [4.78, 5) is 62.6. The Kier molecular flexibility index (Phi) is 7.33. The molecule has 0 atom stereocenters. The van der Waals surface area contributed by atoms with Crippen LogP contribution in [0.25, 0.3) is 32.9 Å². The zero-order valence-electron chi connectivity index (χ0n) is 26.7. The molecule has 0 bridgehead atoms. The van der Waals surface area contributed by atoms with Gasteiger partial charge in [0, 0.05) is 86.6 Å². The van der Waals surface area contributed by atoms with Crippen LogP contribution in [0.15, 0.2) is 67.1 Å². The second-order valence-electron chi connectivity index (χ2n) is 12.6. The number of imide groups is 2. The Hall–Kier alpha value is -5.83. The van der Waals surface area contributed by atoms with Crippen molar-refractivity contribution in [3.63, 3.8) is 0 Å². The fourth-order valence-corrected chi connectivity index (χ4v) is 7.04. The van der Waals surface area contributed by atoms with Gasteiger partial charge in [-0.15, -0.1) is 0 Å². The van der Waals surface area contributed by atoms with Crippen molar-refractivity contribution in [2.24, 2.45) is 7.05 Å². The summed E-state index contributed by atoms with van der Waals surface area (Å²) in [5.41, 5.74) is 2.48. The number of benzene rings is 2. The smallest absolute Gasteiger partial charge is 0.354 e. The van der Waals surface area contributed by atoms with E-state index in [1.165, 1.54) is 6.20 Å². The minimum absolute atomic E-state index is 0.00257. The molecule has 12 nitrogen and oxygen atoms in total. The first kappa shape index (κ1) is 31.4. The van der Waals surface area contributed by atoms with Crippen LogP contribution in [-0.2, 0) is 24.6 Å². The number of hydrogen-bond acceptors (Lipinski definition) is 8. The van der Waals surface area contributed by atoms with Gasteiger partial charge in [0.25, 0.3) is 11.8 Å². The summed E-state index contributed by atoms with van der Waals surface area (Å²) in [6.45, 7) is 2.25. The van der Waals surface area contributed by atoms with E-state index < -0.39 is 35.5 Å². The van der Waals surface area contributed by atoms with E-state index in [9.17, 15) is 32.3 Å². The molecular weight excluding hydrogens is 653 g/mol. The number of aromatic nitrogens is 3. The molecular formula is C35H29F3N8O4. The number of anilines is 1. The van der Waals surface area contributed by atoms with Gasteiger partial charge in [-0.1, -0.05) is 18.2 Å². The molecule has 5 amide bonds. The highest BCUT2D eigenvalue weighted by molar-refractivity contribution is 6.22. The Morgan fingerprint density at radius 2 is 1.58 bits per heavy atom. The molecule has 6 heterocycles. The Morgan fingerprint density at radius 1 is 0.800 bits per heavy atom. The second-order valence-corrected chi connectivity index (χ2v) is 12.6. The molecule has 0 unspecified atom stereocenters. The van der Waals surface area contributed by atoms with E-state index in [2.05, 4.69) is 20.2 Å². The zero-order valence-corrected chi connectivity index (χ0v) is 26.7. The lowest BCUT2D eigenvalue weighted by Crippen LogP contribution is -2.58. The number of urea groups is 1. The Balaban J connectivity index is 0.975. The van der Waals surface area contributed by atoms with Crippen molar-refractivity contribution < 1.29 is 32.3 Å². The first-order valence-electron chi connectivity index (χ1n) is 16.0. The first-order chi connectivity index (χ1) is 24.0. The Morgan fingerprint density at radius 3 is 2.34 bits per heavy atom. The highest BCUT2D eigenvalue weighted by atomic mass is 19.4. The number of alkyl halides is 3. The number of pyridine rings is 2. The molecule has 2 saturated heterocycles. The van der Waals surface area contributed by atoms with E-state index in [0.29, 0.717) is 38.3 Å². The van der Waals surface area contributed by atoms with Crippen molar-refractivity contribution in [2.75, 3.05) is 37.6 Å². The molecule has 3 aliphatic heterocycles. The van der Waals surface area contributed by atoms with Crippen LogP contribution >= 0.6 is 0 Å². The van der Waals surface area contributed by atoms with Gasteiger partial charge in [-0.05, 0) is 41.5 Å². The van der Waals surface area contributed by atoms with Crippen LogP contribution in [0.2, 0.25) is 0 Å². The minimum atomic E-state index is -4.61. The van der Waals surface area contributed by atoms with Crippen LogP contribution in [0.1, 0.15) is 38.3 Å². The molecule has 5 aromatic rings. The highest BCUT2D eigenvalue weighted by Gasteiger charge is 2.43. The largest absolute Gasteiger partial charge is 0.417 e. The Labute approximate surface area is 282 Å². The van der Waals surface area contributed by atoms with E-state index in [1.54, 1.807) is 42.7 Å². The fourth-order valence-electron chi connectivity index (χ4n) is 7.04. The summed E-state index contributed by atoms with van der Waals surface area (Å²) < 4.78 is 45.5. The maximum atomic E-state index is 14.5. The molecule has 0 spiro atoms. The predicted molar refractivity (Wildman–Crippen MR) is 176 cm³/mol. The predicted octanol–water partition coefficient (Wildman–Crippen LogP) is 4.58. The van der Waals surface area contributed by atoms with Gasteiger partial charge < -0.3 is 9.47 Å². The van der Waals surface area contributed by atoms with Crippen molar-refractivity contribution >= 4 is 51.4 Å². The van der Waals surface area contributed by atoms with Gasteiger partial charge in [0.15, 0.2) is 0 Å². The summed E-state index contributed by atoms with van der Waals surface area (Å²) in [7, 11) is 1.88. The number of halogens is 3. The first-order valence-corrected chi connectivity index (χ1v) is 16.0. The summed E-state index contributed by atoms with van der Waals surface area (Å²) in [6.07, 6.45) is 0.0928. The van der Waals surface area contributed by atoms with Crippen LogP contribution in [0.4, 0.5) is 23.8 Å². The molecule has 0 aliphatic carbocycles. The van der Waals surface area contributed by atoms with Gasteiger partial charge in [-0.2, -0.15) is 18.2 Å². The molecule has 3 aromatic heterocycles. The third-order valence-electron chi connectivity index (χ3n) is 9.62. The summed E-state index contributed by atoms with van der Waals surface area (Å²) in [5, 5.41) is 5.65. The van der Waals surface area contributed by atoms with Gasteiger partial charge in [0.2, 0.25) is 5.91 Å². The highest BCUT2D eigenvalue weighted by Crippen LogP contribution is 2.40. The van der Waals surface area contributed by atoms with Gasteiger partial charge in [0.05, 0.1) is 28.8 Å². The molecule has 2 aromatic carbocycles. The molecule has 0 radical (unpaired) electrons. The van der Waals surface area contributed by atoms with Crippen molar-refractivity contribution in [1.82, 2.24) is 34.8 Å². The summed E-state index contributed by atoms with van der Waals surface area (Å²) in [5.74, 6) is -1.53. The number of hydrogen-bond donors (Lipinski definition) is 1. The van der Waals surface area contributed by atoms with Gasteiger partial charge in [-0.3, -0.25) is 29.6 Å². The number of amides is 5. The van der Waals surface area contributed by atoms with Crippen molar-refractivity contribution in [1.29, 1.82) is 0 Å². The van der Waals surface area contributed by atoms with Crippen LogP contribution in [-0.4, -0.2) is 85.9 Å². The maximum absolute atomic E-state index is 14.5. The number of nitrogens with one attached hydrogen (secondary N) is 1. The molecule has 15 heteroatoms. The quantitative estimate of drug-likeness (QED) is 0.268. The lowest BCUT2D eigenvalue weighted by atomic mass is 10.00. The monoisotopic (exact) mass is 682 g/mol. The maximum Gasteiger partial charge on any atom is 0.417 e. The third kappa shape index (κ3) is 5.21.